The third-order valence-corrected chi connectivity index (χ3v) is 4.71. The Kier molecular flexibility index (Phi) is 3.81. The van der Waals surface area contributed by atoms with Crippen LogP contribution in [0, 0.1) is 0 Å². The maximum absolute atomic E-state index is 12.3. The minimum atomic E-state index is -0.355. The van der Waals surface area contributed by atoms with Crippen molar-refractivity contribution in [2.45, 2.75) is 43.6 Å². The van der Waals surface area contributed by atoms with Crippen LogP contribution in [0.4, 0.5) is 0 Å². The molecule has 1 saturated heterocycles. The Hall–Kier alpha value is -1.68. The van der Waals surface area contributed by atoms with Crippen molar-refractivity contribution < 1.29 is 19.1 Å². The van der Waals surface area contributed by atoms with Gasteiger partial charge in [-0.2, -0.15) is 0 Å². The van der Waals surface area contributed by atoms with Gasteiger partial charge in [-0.25, -0.2) is 4.79 Å². The number of rotatable bonds is 2. The molecule has 112 valence electrons. The van der Waals surface area contributed by atoms with Crippen LogP contribution in [0.3, 0.4) is 0 Å². The summed E-state index contributed by atoms with van der Waals surface area (Å²) >= 11 is 0. The number of Topliss-reactive ketones (excluding diaryl/α,β-unsaturated/α-hetero) is 1. The second-order valence-corrected chi connectivity index (χ2v) is 5.97. The van der Waals surface area contributed by atoms with Crippen molar-refractivity contribution in [2.75, 3.05) is 13.7 Å². The number of ether oxygens (including phenoxy) is 2. The highest BCUT2D eigenvalue weighted by atomic mass is 16.5. The zero-order valence-electron chi connectivity index (χ0n) is 12.3. The van der Waals surface area contributed by atoms with E-state index in [1.54, 1.807) is 12.1 Å². The van der Waals surface area contributed by atoms with Gasteiger partial charge in [-0.3, -0.25) is 4.79 Å². The Morgan fingerprint density at radius 1 is 1.29 bits per heavy atom. The molecule has 4 nitrogen and oxygen atoms in total. The van der Waals surface area contributed by atoms with E-state index in [0.29, 0.717) is 12.0 Å². The minimum Gasteiger partial charge on any atom is -0.465 e. The van der Waals surface area contributed by atoms with E-state index in [2.05, 4.69) is 0 Å². The first-order valence-electron chi connectivity index (χ1n) is 7.48. The molecule has 1 aliphatic heterocycles. The lowest BCUT2D eigenvalue weighted by atomic mass is 9.73. The quantitative estimate of drug-likeness (QED) is 0.785. The third kappa shape index (κ3) is 2.72. The van der Waals surface area contributed by atoms with Gasteiger partial charge in [0.15, 0.2) is 0 Å². The van der Waals surface area contributed by atoms with Crippen LogP contribution in [0.2, 0.25) is 0 Å². The van der Waals surface area contributed by atoms with E-state index < -0.39 is 0 Å². The lowest BCUT2D eigenvalue weighted by molar-refractivity contribution is -0.128. The molecule has 1 heterocycles. The molecule has 0 N–H and O–H groups in total. The zero-order valence-corrected chi connectivity index (χ0v) is 12.3. The first kappa shape index (κ1) is 14.3. The summed E-state index contributed by atoms with van der Waals surface area (Å²) in [6.45, 7) is 0.808. The largest absolute Gasteiger partial charge is 0.465 e. The Balaban J connectivity index is 1.81. The normalized spacial score (nSPS) is 28.8. The number of hydrogen-bond donors (Lipinski definition) is 0. The van der Waals surface area contributed by atoms with Gasteiger partial charge in [0.25, 0.3) is 0 Å². The minimum absolute atomic E-state index is 0.0976. The van der Waals surface area contributed by atoms with Crippen molar-refractivity contribution in [1.29, 1.82) is 0 Å². The van der Waals surface area contributed by atoms with Crippen LogP contribution in [-0.2, 0) is 14.3 Å². The molecule has 2 aliphatic rings. The summed E-state index contributed by atoms with van der Waals surface area (Å²) in [6, 6.07) is 7.18. The van der Waals surface area contributed by atoms with Crippen molar-refractivity contribution in [1.82, 2.24) is 0 Å². The van der Waals surface area contributed by atoms with Gasteiger partial charge in [-0.05, 0) is 43.4 Å². The highest BCUT2D eigenvalue weighted by Gasteiger charge is 2.43. The SMILES string of the molecule is COC(=O)c1ccc([C@@H]2C[C@]3(CCCO3)CCC2=O)cc1. The van der Waals surface area contributed by atoms with Crippen LogP contribution in [-0.4, -0.2) is 31.1 Å². The predicted molar refractivity (Wildman–Crippen MR) is 77.3 cm³/mol. The Bertz CT molecular complexity index is 540. The van der Waals surface area contributed by atoms with E-state index in [0.717, 1.165) is 37.9 Å². The summed E-state index contributed by atoms with van der Waals surface area (Å²) in [7, 11) is 1.36. The van der Waals surface area contributed by atoms with Crippen molar-refractivity contribution in [3.8, 4) is 0 Å². The molecule has 21 heavy (non-hydrogen) atoms. The number of ketones is 1. The number of esters is 1. The summed E-state index contributed by atoms with van der Waals surface area (Å²) in [4.78, 5) is 23.7. The average Bonchev–Trinajstić information content (AvgIpc) is 2.98. The van der Waals surface area contributed by atoms with Crippen LogP contribution in [0.5, 0.6) is 0 Å². The lowest BCUT2D eigenvalue weighted by Gasteiger charge is -2.36. The van der Waals surface area contributed by atoms with Gasteiger partial charge in [0.1, 0.15) is 5.78 Å². The molecule has 1 saturated carbocycles. The Morgan fingerprint density at radius 2 is 2.05 bits per heavy atom. The van der Waals surface area contributed by atoms with E-state index in [1.165, 1.54) is 7.11 Å². The average molecular weight is 288 g/mol. The molecule has 0 unspecified atom stereocenters. The molecule has 0 bridgehead atoms. The van der Waals surface area contributed by atoms with Gasteiger partial charge in [-0.15, -0.1) is 0 Å². The molecule has 0 radical (unpaired) electrons. The third-order valence-electron chi connectivity index (χ3n) is 4.71. The van der Waals surface area contributed by atoms with Gasteiger partial charge in [0.2, 0.25) is 0 Å². The monoisotopic (exact) mass is 288 g/mol. The van der Waals surface area contributed by atoms with E-state index in [1.807, 2.05) is 12.1 Å². The van der Waals surface area contributed by atoms with Crippen LogP contribution in [0.1, 0.15) is 53.9 Å². The fraction of sp³-hybridized carbons (Fsp3) is 0.529. The highest BCUT2D eigenvalue weighted by molar-refractivity contribution is 5.90. The maximum Gasteiger partial charge on any atom is 0.337 e. The number of methoxy groups -OCH3 is 1. The highest BCUT2D eigenvalue weighted by Crippen LogP contribution is 2.44. The molecule has 1 aromatic carbocycles. The molecule has 1 spiro atoms. The van der Waals surface area contributed by atoms with E-state index >= 15 is 0 Å². The fourth-order valence-corrected chi connectivity index (χ4v) is 3.50. The lowest BCUT2D eigenvalue weighted by Crippen LogP contribution is -2.38. The molecule has 1 aromatic rings. The number of carbonyl (C=O) groups is 2. The molecule has 2 atom stereocenters. The number of hydrogen-bond acceptors (Lipinski definition) is 4. The summed E-state index contributed by atoms with van der Waals surface area (Å²) < 4.78 is 10.6. The summed E-state index contributed by atoms with van der Waals surface area (Å²) in [5, 5.41) is 0. The Morgan fingerprint density at radius 3 is 2.67 bits per heavy atom. The number of carbonyl (C=O) groups excluding carboxylic acids is 2. The molecule has 0 amide bonds. The van der Waals surface area contributed by atoms with Gasteiger partial charge in [-0.1, -0.05) is 12.1 Å². The van der Waals surface area contributed by atoms with Crippen molar-refractivity contribution >= 4 is 11.8 Å². The molecular weight excluding hydrogens is 268 g/mol. The Labute approximate surface area is 124 Å². The van der Waals surface area contributed by atoms with E-state index in [4.69, 9.17) is 9.47 Å². The van der Waals surface area contributed by atoms with E-state index in [9.17, 15) is 9.59 Å². The summed E-state index contributed by atoms with van der Waals surface area (Å²) in [6.07, 6.45) is 4.34. The second-order valence-electron chi connectivity index (χ2n) is 5.97. The molecule has 1 aliphatic carbocycles. The van der Waals surface area contributed by atoms with Crippen molar-refractivity contribution in [2.24, 2.45) is 0 Å². The first-order valence-corrected chi connectivity index (χ1v) is 7.48. The zero-order chi connectivity index (χ0) is 14.9. The van der Waals surface area contributed by atoms with Gasteiger partial charge < -0.3 is 9.47 Å². The van der Waals surface area contributed by atoms with Crippen LogP contribution in [0.15, 0.2) is 24.3 Å². The molecule has 0 aromatic heterocycles. The molecule has 2 fully saturated rings. The van der Waals surface area contributed by atoms with Gasteiger partial charge >= 0.3 is 5.97 Å². The van der Waals surface area contributed by atoms with Crippen LogP contribution < -0.4 is 0 Å². The van der Waals surface area contributed by atoms with Crippen molar-refractivity contribution in [3.63, 3.8) is 0 Å². The van der Waals surface area contributed by atoms with Crippen LogP contribution in [0.25, 0.3) is 0 Å². The standard InChI is InChI=1S/C17H20O4/c1-20-16(19)13-5-3-12(4-6-13)14-11-17(8-2-10-21-17)9-7-15(14)18/h3-6,14H,2,7-11H2,1H3/t14-,17-/m0/s1. The molecular formula is C17H20O4. The smallest absolute Gasteiger partial charge is 0.337 e. The van der Waals surface area contributed by atoms with E-state index in [-0.39, 0.29) is 23.3 Å². The van der Waals surface area contributed by atoms with Gasteiger partial charge in [0.05, 0.1) is 18.3 Å². The topological polar surface area (TPSA) is 52.6 Å². The summed E-state index contributed by atoms with van der Waals surface area (Å²) in [5.41, 5.74) is 1.39. The fourth-order valence-electron chi connectivity index (χ4n) is 3.50. The van der Waals surface area contributed by atoms with Crippen molar-refractivity contribution in [3.05, 3.63) is 35.4 Å². The maximum atomic E-state index is 12.3. The predicted octanol–water partition coefficient (Wildman–Crippen LogP) is 2.86. The molecule has 3 rings (SSSR count). The van der Waals surface area contributed by atoms with Gasteiger partial charge in [0, 0.05) is 18.9 Å². The molecule has 4 heteroatoms. The van der Waals surface area contributed by atoms with Crippen LogP contribution >= 0.6 is 0 Å². The summed E-state index contributed by atoms with van der Waals surface area (Å²) in [5.74, 6) is -0.183. The number of benzene rings is 1. The first-order chi connectivity index (χ1) is 10.1. The second kappa shape index (κ2) is 5.60.